The van der Waals surface area contributed by atoms with Gasteiger partial charge in [0.1, 0.15) is 11.3 Å². The highest BCUT2D eigenvalue weighted by atomic mass is 16.5. The van der Waals surface area contributed by atoms with Crippen molar-refractivity contribution >= 4 is 0 Å². The van der Waals surface area contributed by atoms with Gasteiger partial charge in [0.05, 0.1) is 12.7 Å². The van der Waals surface area contributed by atoms with Gasteiger partial charge in [-0.25, -0.2) is 0 Å². The molecule has 0 saturated carbocycles. The van der Waals surface area contributed by atoms with Gasteiger partial charge in [-0.3, -0.25) is 0 Å². The zero-order chi connectivity index (χ0) is 14.1. The van der Waals surface area contributed by atoms with E-state index in [-0.39, 0.29) is 0 Å². The third-order valence-corrected chi connectivity index (χ3v) is 3.48. The van der Waals surface area contributed by atoms with Crippen molar-refractivity contribution in [1.29, 1.82) is 5.26 Å². The summed E-state index contributed by atoms with van der Waals surface area (Å²) in [5, 5.41) is 12.1. The molecule has 0 aliphatic carbocycles. The van der Waals surface area contributed by atoms with E-state index in [4.69, 9.17) is 10.00 Å². The molecular weight excluding hydrogens is 236 g/mol. The van der Waals surface area contributed by atoms with Gasteiger partial charge in [-0.15, -0.1) is 0 Å². The van der Waals surface area contributed by atoms with E-state index in [1.807, 2.05) is 32.2 Å². The average Bonchev–Trinajstić information content (AvgIpc) is 2.47. The summed E-state index contributed by atoms with van der Waals surface area (Å²) in [5.41, 5.74) is 0.834. The van der Waals surface area contributed by atoms with Gasteiger partial charge >= 0.3 is 0 Å². The molecule has 1 rings (SSSR count). The standard InChI is InChI=1S/C16H24N2O/c1-4-14-9-5-6-10-15(14)19-12-8-7-11-16(2,13-17)18-3/h5-6,9-10,18H,4,7-8,11-12H2,1-3H3. The number of nitrogens with zero attached hydrogens (tertiary/aromatic N) is 1. The minimum Gasteiger partial charge on any atom is -0.493 e. The largest absolute Gasteiger partial charge is 0.493 e. The number of nitrogens with one attached hydrogen (secondary N) is 1. The van der Waals surface area contributed by atoms with Gasteiger partial charge in [-0.05, 0) is 51.3 Å². The molecule has 1 aromatic rings. The van der Waals surface area contributed by atoms with Crippen LogP contribution in [0.25, 0.3) is 0 Å². The predicted octanol–water partition coefficient (Wildman–Crippen LogP) is 3.30. The molecule has 0 aromatic heterocycles. The number of benzene rings is 1. The van der Waals surface area contributed by atoms with E-state index in [0.717, 1.165) is 31.4 Å². The first kappa shape index (κ1) is 15.5. The van der Waals surface area contributed by atoms with Crippen LogP contribution in [0.2, 0.25) is 0 Å². The van der Waals surface area contributed by atoms with Crippen LogP contribution in [0.3, 0.4) is 0 Å². The van der Waals surface area contributed by atoms with Gasteiger partial charge in [0.15, 0.2) is 0 Å². The van der Waals surface area contributed by atoms with Crippen LogP contribution < -0.4 is 10.1 Å². The van der Waals surface area contributed by atoms with E-state index >= 15 is 0 Å². The molecule has 0 aliphatic heterocycles. The first-order valence-electron chi connectivity index (χ1n) is 6.96. The molecule has 3 heteroatoms. The molecule has 19 heavy (non-hydrogen) atoms. The minimum atomic E-state index is -0.415. The summed E-state index contributed by atoms with van der Waals surface area (Å²) in [6.07, 6.45) is 3.79. The number of unbranched alkanes of at least 4 members (excludes halogenated alkanes) is 1. The fraction of sp³-hybridized carbons (Fsp3) is 0.562. The Balaban J connectivity index is 2.30. The van der Waals surface area contributed by atoms with Crippen LogP contribution >= 0.6 is 0 Å². The second kappa shape index (κ2) is 7.81. The Morgan fingerprint density at radius 2 is 2.05 bits per heavy atom. The fourth-order valence-electron chi connectivity index (χ4n) is 1.94. The summed E-state index contributed by atoms with van der Waals surface area (Å²) in [7, 11) is 1.83. The maximum absolute atomic E-state index is 9.04. The van der Waals surface area contributed by atoms with E-state index in [1.54, 1.807) is 0 Å². The first-order chi connectivity index (χ1) is 9.15. The Morgan fingerprint density at radius 1 is 1.32 bits per heavy atom. The number of ether oxygens (including phenoxy) is 1. The van der Waals surface area contributed by atoms with Crippen LogP contribution in [-0.4, -0.2) is 19.2 Å². The number of aryl methyl sites for hydroxylation is 1. The molecular formula is C16H24N2O. The second-order valence-corrected chi connectivity index (χ2v) is 4.96. The van der Waals surface area contributed by atoms with Crippen molar-refractivity contribution in [3.8, 4) is 11.8 Å². The van der Waals surface area contributed by atoms with Crippen molar-refractivity contribution < 1.29 is 4.74 Å². The lowest BCUT2D eigenvalue weighted by molar-refractivity contribution is 0.295. The average molecular weight is 260 g/mol. The molecule has 0 spiro atoms. The maximum atomic E-state index is 9.04. The number of hydrogen-bond donors (Lipinski definition) is 1. The summed E-state index contributed by atoms with van der Waals surface area (Å²) in [6.45, 7) is 4.77. The normalized spacial score (nSPS) is 13.6. The summed E-state index contributed by atoms with van der Waals surface area (Å²) < 4.78 is 5.81. The van der Waals surface area contributed by atoms with Crippen molar-refractivity contribution in [2.75, 3.05) is 13.7 Å². The zero-order valence-electron chi connectivity index (χ0n) is 12.2. The van der Waals surface area contributed by atoms with E-state index in [1.165, 1.54) is 5.56 Å². The molecule has 0 amide bonds. The Labute approximate surface area is 116 Å². The Morgan fingerprint density at radius 3 is 2.68 bits per heavy atom. The van der Waals surface area contributed by atoms with Crippen LogP contribution in [0, 0.1) is 11.3 Å². The molecule has 0 heterocycles. The number of hydrogen-bond acceptors (Lipinski definition) is 3. The van der Waals surface area contributed by atoms with Gasteiger partial charge in [-0.1, -0.05) is 25.1 Å². The molecule has 1 atom stereocenters. The molecule has 104 valence electrons. The van der Waals surface area contributed by atoms with E-state index in [2.05, 4.69) is 24.4 Å². The minimum absolute atomic E-state index is 0.415. The molecule has 0 bridgehead atoms. The fourth-order valence-corrected chi connectivity index (χ4v) is 1.94. The molecule has 1 unspecified atom stereocenters. The lowest BCUT2D eigenvalue weighted by Crippen LogP contribution is -2.37. The predicted molar refractivity (Wildman–Crippen MR) is 78.2 cm³/mol. The third kappa shape index (κ3) is 4.92. The van der Waals surface area contributed by atoms with Crippen LogP contribution in [0.4, 0.5) is 0 Å². The molecule has 0 aliphatic rings. The molecule has 0 radical (unpaired) electrons. The van der Waals surface area contributed by atoms with Crippen LogP contribution in [0.5, 0.6) is 5.75 Å². The Hall–Kier alpha value is -1.53. The second-order valence-electron chi connectivity index (χ2n) is 4.96. The SMILES string of the molecule is CCc1ccccc1OCCCCC(C)(C#N)NC. The van der Waals surface area contributed by atoms with Crippen molar-refractivity contribution in [1.82, 2.24) is 5.32 Å². The van der Waals surface area contributed by atoms with Gasteiger partial charge in [-0.2, -0.15) is 5.26 Å². The number of nitriles is 1. The first-order valence-corrected chi connectivity index (χ1v) is 6.96. The summed E-state index contributed by atoms with van der Waals surface area (Å²) in [5.74, 6) is 0.988. The molecule has 0 saturated heterocycles. The van der Waals surface area contributed by atoms with Gasteiger partial charge in [0.25, 0.3) is 0 Å². The van der Waals surface area contributed by atoms with Crippen molar-refractivity contribution in [2.24, 2.45) is 0 Å². The lowest BCUT2D eigenvalue weighted by Gasteiger charge is -2.20. The molecule has 1 N–H and O–H groups in total. The third-order valence-electron chi connectivity index (χ3n) is 3.48. The Kier molecular flexibility index (Phi) is 6.38. The summed E-state index contributed by atoms with van der Waals surface area (Å²) in [4.78, 5) is 0. The zero-order valence-corrected chi connectivity index (χ0v) is 12.2. The van der Waals surface area contributed by atoms with Crippen molar-refractivity contribution in [3.63, 3.8) is 0 Å². The van der Waals surface area contributed by atoms with Crippen molar-refractivity contribution in [3.05, 3.63) is 29.8 Å². The summed E-state index contributed by atoms with van der Waals surface area (Å²) >= 11 is 0. The van der Waals surface area contributed by atoms with E-state index < -0.39 is 5.54 Å². The molecule has 0 fully saturated rings. The maximum Gasteiger partial charge on any atom is 0.122 e. The van der Waals surface area contributed by atoms with E-state index in [9.17, 15) is 0 Å². The molecule has 1 aromatic carbocycles. The molecule has 3 nitrogen and oxygen atoms in total. The lowest BCUT2D eigenvalue weighted by atomic mass is 9.97. The summed E-state index contributed by atoms with van der Waals surface area (Å²) in [6, 6.07) is 10.5. The Bertz CT molecular complexity index is 425. The van der Waals surface area contributed by atoms with E-state index in [0.29, 0.717) is 6.61 Å². The highest BCUT2D eigenvalue weighted by Gasteiger charge is 2.19. The monoisotopic (exact) mass is 260 g/mol. The van der Waals surface area contributed by atoms with Crippen LogP contribution in [0.1, 0.15) is 38.7 Å². The number of rotatable bonds is 8. The quantitative estimate of drug-likeness (QED) is 0.729. The smallest absolute Gasteiger partial charge is 0.122 e. The van der Waals surface area contributed by atoms with Gasteiger partial charge in [0, 0.05) is 0 Å². The topological polar surface area (TPSA) is 45.0 Å². The number of para-hydroxylation sites is 1. The highest BCUT2D eigenvalue weighted by Crippen LogP contribution is 2.19. The van der Waals surface area contributed by atoms with Gasteiger partial charge < -0.3 is 10.1 Å². The highest BCUT2D eigenvalue weighted by molar-refractivity contribution is 5.33. The van der Waals surface area contributed by atoms with Crippen molar-refractivity contribution in [2.45, 2.75) is 45.1 Å². The van der Waals surface area contributed by atoms with Gasteiger partial charge in [0.2, 0.25) is 0 Å². The van der Waals surface area contributed by atoms with Crippen LogP contribution in [0.15, 0.2) is 24.3 Å². The van der Waals surface area contributed by atoms with Crippen LogP contribution in [-0.2, 0) is 6.42 Å².